The zero-order valence-electron chi connectivity index (χ0n) is 17.3. The molecule has 1 amide bonds. The molecule has 1 aliphatic rings. The zero-order valence-corrected chi connectivity index (χ0v) is 17.3. The van der Waals surface area contributed by atoms with Gasteiger partial charge in [-0.15, -0.1) is 0 Å². The molecule has 7 nitrogen and oxygen atoms in total. The molecule has 0 bridgehead atoms. The van der Waals surface area contributed by atoms with E-state index in [2.05, 4.69) is 22.4 Å². The van der Waals surface area contributed by atoms with E-state index in [4.69, 9.17) is 4.42 Å². The molecule has 0 radical (unpaired) electrons. The van der Waals surface area contributed by atoms with Gasteiger partial charge < -0.3 is 14.6 Å². The summed E-state index contributed by atoms with van der Waals surface area (Å²) in [6.07, 6.45) is 1.55. The lowest BCUT2D eigenvalue weighted by Crippen LogP contribution is -2.25. The van der Waals surface area contributed by atoms with Gasteiger partial charge in [0.1, 0.15) is 17.2 Å². The fourth-order valence-corrected chi connectivity index (χ4v) is 3.74. The Hall–Kier alpha value is -4.36. The maximum absolute atomic E-state index is 12.6. The molecule has 0 spiro atoms. The van der Waals surface area contributed by atoms with Crippen molar-refractivity contribution in [3.63, 3.8) is 0 Å². The maximum Gasteiger partial charge on any atom is 0.256 e. The van der Waals surface area contributed by atoms with Gasteiger partial charge in [0.2, 0.25) is 0 Å². The number of hydrogen-bond acceptors (Lipinski definition) is 6. The Bertz CT molecular complexity index is 1300. The molecule has 152 valence electrons. The molecule has 4 rings (SSSR count). The van der Waals surface area contributed by atoms with E-state index < -0.39 is 5.92 Å². The highest BCUT2D eigenvalue weighted by molar-refractivity contribution is 6.07. The van der Waals surface area contributed by atoms with Crippen LogP contribution in [0.25, 0.3) is 11.0 Å². The van der Waals surface area contributed by atoms with Crippen LogP contribution in [0.4, 0.5) is 5.82 Å². The van der Waals surface area contributed by atoms with Crippen LogP contribution in [-0.4, -0.2) is 22.8 Å². The van der Waals surface area contributed by atoms with Crippen molar-refractivity contribution in [2.24, 2.45) is 0 Å². The van der Waals surface area contributed by atoms with Crippen LogP contribution in [-0.2, 0) is 0 Å². The van der Waals surface area contributed by atoms with Crippen LogP contribution in [0.3, 0.4) is 0 Å². The number of carbonyl (C=O) groups excluding carboxylic acids is 1. The van der Waals surface area contributed by atoms with Crippen molar-refractivity contribution >= 4 is 22.7 Å². The first-order valence-corrected chi connectivity index (χ1v) is 9.66. The van der Waals surface area contributed by atoms with E-state index in [-0.39, 0.29) is 5.91 Å². The number of allylic oxidation sites excluding steroid dienone is 4. The van der Waals surface area contributed by atoms with Crippen LogP contribution in [0.15, 0.2) is 75.6 Å². The number of nitriles is 2. The standard InChI is InChI=1S/C24H19N5O2/c1-14-18(12-25)22(19(13-26)15(2)29(14)3)21-11-17-20(31-21)9-10-27-23(17)28-24(30)16-7-5-4-6-8-16/h4-11,22H,1-3H3,(H,27,28,30). The molecule has 7 heteroatoms. The number of nitrogens with zero attached hydrogens (tertiary/aromatic N) is 4. The molecule has 1 aliphatic heterocycles. The average Bonchev–Trinajstić information content (AvgIpc) is 3.23. The first-order chi connectivity index (χ1) is 15.0. The molecule has 31 heavy (non-hydrogen) atoms. The minimum absolute atomic E-state index is 0.287. The van der Waals surface area contributed by atoms with Gasteiger partial charge in [-0.2, -0.15) is 10.5 Å². The Balaban J connectivity index is 1.80. The number of aromatic nitrogens is 1. The van der Waals surface area contributed by atoms with Gasteiger partial charge in [-0.05, 0) is 38.1 Å². The second-order valence-electron chi connectivity index (χ2n) is 7.25. The average molecular weight is 409 g/mol. The molecule has 3 aromatic rings. The topological polar surface area (TPSA) is 106 Å². The predicted octanol–water partition coefficient (Wildman–Crippen LogP) is 4.70. The van der Waals surface area contributed by atoms with E-state index in [0.29, 0.717) is 39.3 Å². The lowest BCUT2D eigenvalue weighted by Gasteiger charge is -2.31. The van der Waals surface area contributed by atoms with E-state index in [1.165, 1.54) is 0 Å². The van der Waals surface area contributed by atoms with E-state index in [1.807, 2.05) is 31.9 Å². The lowest BCUT2D eigenvalue weighted by atomic mass is 9.84. The van der Waals surface area contributed by atoms with E-state index in [9.17, 15) is 15.3 Å². The van der Waals surface area contributed by atoms with E-state index >= 15 is 0 Å². The number of anilines is 1. The first kappa shape index (κ1) is 19.9. The van der Waals surface area contributed by atoms with Crippen LogP contribution >= 0.6 is 0 Å². The third-order valence-corrected chi connectivity index (χ3v) is 5.62. The Morgan fingerprint density at radius 1 is 1.10 bits per heavy atom. The van der Waals surface area contributed by atoms with E-state index in [0.717, 1.165) is 11.4 Å². The van der Waals surface area contributed by atoms with Crippen molar-refractivity contribution in [2.75, 3.05) is 12.4 Å². The molecular formula is C24H19N5O2. The number of rotatable bonds is 3. The van der Waals surface area contributed by atoms with Gasteiger partial charge in [0.25, 0.3) is 5.91 Å². The van der Waals surface area contributed by atoms with Gasteiger partial charge >= 0.3 is 0 Å². The summed E-state index contributed by atoms with van der Waals surface area (Å²) in [6, 6.07) is 16.8. The van der Waals surface area contributed by atoms with Crippen LogP contribution in [0.2, 0.25) is 0 Å². The van der Waals surface area contributed by atoms with Gasteiger partial charge in [-0.1, -0.05) is 18.2 Å². The Morgan fingerprint density at radius 2 is 1.74 bits per heavy atom. The molecule has 2 aromatic heterocycles. The molecule has 0 fully saturated rings. The van der Waals surface area contributed by atoms with Gasteiger partial charge in [0.15, 0.2) is 0 Å². The summed E-state index contributed by atoms with van der Waals surface area (Å²) in [5.74, 6) is -0.0911. The highest BCUT2D eigenvalue weighted by Gasteiger charge is 2.34. The summed E-state index contributed by atoms with van der Waals surface area (Å²) >= 11 is 0. The largest absolute Gasteiger partial charge is 0.460 e. The fraction of sp³-hybridized carbons (Fsp3) is 0.167. The first-order valence-electron chi connectivity index (χ1n) is 9.66. The second-order valence-corrected chi connectivity index (χ2v) is 7.25. The van der Waals surface area contributed by atoms with Gasteiger partial charge in [-0.25, -0.2) is 4.98 Å². The zero-order chi connectivity index (χ0) is 22.1. The van der Waals surface area contributed by atoms with Crippen LogP contribution < -0.4 is 5.32 Å². The summed E-state index contributed by atoms with van der Waals surface area (Å²) in [6.45, 7) is 3.69. The quantitative estimate of drug-likeness (QED) is 0.672. The van der Waals surface area contributed by atoms with Crippen molar-refractivity contribution < 1.29 is 9.21 Å². The lowest BCUT2D eigenvalue weighted by molar-refractivity contribution is 0.102. The predicted molar refractivity (Wildman–Crippen MR) is 116 cm³/mol. The highest BCUT2D eigenvalue weighted by atomic mass is 16.3. The van der Waals surface area contributed by atoms with Crippen LogP contribution in [0.5, 0.6) is 0 Å². The van der Waals surface area contributed by atoms with Crippen molar-refractivity contribution in [3.8, 4) is 12.1 Å². The number of nitrogens with one attached hydrogen (secondary N) is 1. The Kier molecular flexibility index (Phi) is 5.02. The number of furan rings is 1. The SMILES string of the molecule is CC1=C(C#N)C(c2cc3c(NC(=O)c4ccccc4)nccc3o2)C(C#N)=C(C)N1C. The smallest absolute Gasteiger partial charge is 0.256 e. The Labute approximate surface area is 179 Å². The van der Waals surface area contributed by atoms with Gasteiger partial charge in [0, 0.05) is 30.2 Å². The molecule has 0 aliphatic carbocycles. The fourth-order valence-electron chi connectivity index (χ4n) is 3.74. The molecule has 1 aromatic carbocycles. The Morgan fingerprint density at radius 3 is 2.35 bits per heavy atom. The molecule has 0 saturated heterocycles. The number of fused-ring (bicyclic) bond motifs is 1. The minimum Gasteiger partial charge on any atom is -0.460 e. The molecule has 0 atom stereocenters. The number of pyridine rings is 1. The highest BCUT2D eigenvalue weighted by Crippen LogP contribution is 2.42. The summed E-state index contributed by atoms with van der Waals surface area (Å²) < 4.78 is 6.05. The van der Waals surface area contributed by atoms with Crippen molar-refractivity contribution in [3.05, 3.63) is 82.5 Å². The number of hydrogen-bond donors (Lipinski definition) is 1. The third-order valence-electron chi connectivity index (χ3n) is 5.62. The molecule has 1 N–H and O–H groups in total. The van der Waals surface area contributed by atoms with Crippen molar-refractivity contribution in [1.29, 1.82) is 10.5 Å². The number of benzene rings is 1. The monoisotopic (exact) mass is 409 g/mol. The van der Waals surface area contributed by atoms with Gasteiger partial charge in [0.05, 0.1) is 34.6 Å². The molecular weight excluding hydrogens is 390 g/mol. The van der Waals surface area contributed by atoms with Crippen LogP contribution in [0, 0.1) is 22.7 Å². The normalized spacial score (nSPS) is 14.5. The van der Waals surface area contributed by atoms with Gasteiger partial charge in [-0.3, -0.25) is 4.79 Å². The van der Waals surface area contributed by atoms with Crippen LogP contribution in [0.1, 0.15) is 35.9 Å². The van der Waals surface area contributed by atoms with E-state index in [1.54, 1.807) is 42.6 Å². The maximum atomic E-state index is 12.6. The third kappa shape index (κ3) is 3.33. The number of carbonyl (C=O) groups is 1. The molecule has 3 heterocycles. The summed E-state index contributed by atoms with van der Waals surface area (Å²) in [5, 5.41) is 23.0. The van der Waals surface area contributed by atoms with Crippen molar-refractivity contribution in [1.82, 2.24) is 9.88 Å². The molecule has 0 saturated carbocycles. The number of amides is 1. The summed E-state index contributed by atoms with van der Waals surface area (Å²) in [4.78, 5) is 18.7. The van der Waals surface area contributed by atoms with Crippen molar-refractivity contribution in [2.45, 2.75) is 19.8 Å². The summed E-state index contributed by atoms with van der Waals surface area (Å²) in [7, 11) is 1.83. The minimum atomic E-state index is -0.615. The summed E-state index contributed by atoms with van der Waals surface area (Å²) in [5.41, 5.74) is 3.45. The second kappa shape index (κ2) is 7.81. The molecule has 0 unspecified atom stereocenters.